The Hall–Kier alpha value is -3.50. The lowest BCUT2D eigenvalue weighted by atomic mass is 10.1. The van der Waals surface area contributed by atoms with Gasteiger partial charge >= 0.3 is 0 Å². The van der Waals surface area contributed by atoms with Crippen molar-refractivity contribution in [2.45, 2.75) is 13.5 Å². The number of aryl methyl sites for hydroxylation is 1. The number of nitrogens with one attached hydrogen (secondary N) is 1. The molecule has 1 aromatic carbocycles. The molecule has 2 amide bonds. The maximum atomic E-state index is 13.5. The van der Waals surface area contributed by atoms with Crippen LogP contribution in [0.4, 0.5) is 0 Å². The van der Waals surface area contributed by atoms with Gasteiger partial charge in [0.1, 0.15) is 5.69 Å². The lowest BCUT2D eigenvalue weighted by Gasteiger charge is -2.34. The number of pyridine rings is 1. The molecule has 180 valence electrons. The monoisotopic (exact) mass is 466 g/mol. The third-order valence-corrected chi connectivity index (χ3v) is 5.97. The van der Waals surface area contributed by atoms with Crippen molar-refractivity contribution in [3.63, 3.8) is 0 Å². The molecule has 0 radical (unpaired) electrons. The summed E-state index contributed by atoms with van der Waals surface area (Å²) in [4.78, 5) is 42.4. The average molecular weight is 467 g/mol. The van der Waals surface area contributed by atoms with Crippen LogP contribution in [-0.2, 0) is 16.1 Å². The fraction of sp³-hybridized carbons (Fsp3) is 0.417. The van der Waals surface area contributed by atoms with E-state index in [1.165, 1.54) is 4.68 Å². The van der Waals surface area contributed by atoms with Crippen molar-refractivity contribution in [1.82, 2.24) is 29.5 Å². The van der Waals surface area contributed by atoms with Gasteiger partial charge in [-0.2, -0.15) is 9.78 Å². The molecule has 3 aliphatic rings. The Morgan fingerprint density at radius 1 is 1.09 bits per heavy atom. The third kappa shape index (κ3) is 5.02. The predicted molar refractivity (Wildman–Crippen MR) is 127 cm³/mol. The summed E-state index contributed by atoms with van der Waals surface area (Å²) < 4.78 is 8.14. The van der Waals surface area contributed by atoms with Gasteiger partial charge in [-0.1, -0.05) is 18.2 Å². The molecule has 0 unspecified atom stereocenters. The average Bonchev–Trinajstić information content (AvgIpc) is 3.20. The molecular weight excluding hydrogens is 436 g/mol. The normalized spacial score (nSPS) is 14.5. The number of piperazine rings is 1. The van der Waals surface area contributed by atoms with E-state index in [0.717, 1.165) is 0 Å². The number of rotatable bonds is 8. The van der Waals surface area contributed by atoms with Gasteiger partial charge in [0.15, 0.2) is 0 Å². The number of benzene rings is 1. The van der Waals surface area contributed by atoms with E-state index in [1.54, 1.807) is 24.4 Å². The van der Waals surface area contributed by atoms with E-state index in [4.69, 9.17) is 4.74 Å². The third-order valence-electron chi connectivity index (χ3n) is 5.97. The van der Waals surface area contributed by atoms with Crippen LogP contribution in [0.2, 0.25) is 0 Å². The molecule has 0 atom stereocenters. The summed E-state index contributed by atoms with van der Waals surface area (Å²) in [5.74, 6) is -0.213. The first-order chi connectivity index (χ1) is 16.5. The molecule has 1 aromatic rings. The number of hydrogen-bond acceptors (Lipinski definition) is 6. The molecule has 1 fully saturated rings. The van der Waals surface area contributed by atoms with Crippen LogP contribution in [-0.4, -0.2) is 88.9 Å². The number of aromatic nitrogens is 3. The summed E-state index contributed by atoms with van der Waals surface area (Å²) in [6.07, 6.45) is 3.52. The highest BCUT2D eigenvalue weighted by Crippen LogP contribution is 2.24. The molecular formula is C24H30N6O4. The van der Waals surface area contributed by atoms with Crippen LogP contribution in [0.15, 0.2) is 47.5 Å². The van der Waals surface area contributed by atoms with Gasteiger partial charge in [0, 0.05) is 58.8 Å². The van der Waals surface area contributed by atoms with Gasteiger partial charge in [-0.15, -0.1) is 0 Å². The number of para-hydroxylation sites is 1. The molecule has 0 bridgehead atoms. The largest absolute Gasteiger partial charge is 0.383 e. The second-order valence-corrected chi connectivity index (χ2v) is 8.23. The van der Waals surface area contributed by atoms with Crippen LogP contribution in [0.1, 0.15) is 17.3 Å². The second kappa shape index (κ2) is 10.6. The number of carbonyl (C=O) groups excluding carboxylic acids is 2. The fourth-order valence-electron chi connectivity index (χ4n) is 4.07. The van der Waals surface area contributed by atoms with Crippen molar-refractivity contribution in [3.8, 4) is 16.9 Å². The molecule has 0 aromatic heterocycles. The topological polar surface area (TPSA) is 102 Å². The highest BCUT2D eigenvalue weighted by molar-refractivity contribution is 6.00. The highest BCUT2D eigenvalue weighted by Gasteiger charge is 2.29. The number of ether oxygens (including phenoxy) is 1. The minimum absolute atomic E-state index is 0.0555. The molecule has 0 spiro atoms. The number of amides is 2. The smallest absolute Gasteiger partial charge is 0.282 e. The van der Waals surface area contributed by atoms with Gasteiger partial charge in [-0.3, -0.25) is 19.3 Å². The molecule has 3 aliphatic heterocycles. The van der Waals surface area contributed by atoms with Crippen molar-refractivity contribution in [1.29, 1.82) is 0 Å². The van der Waals surface area contributed by atoms with E-state index in [2.05, 4.69) is 10.4 Å². The Morgan fingerprint density at radius 3 is 2.50 bits per heavy atom. The van der Waals surface area contributed by atoms with E-state index in [9.17, 15) is 14.4 Å². The fourth-order valence-corrected chi connectivity index (χ4v) is 4.07. The molecule has 1 saturated heterocycles. The summed E-state index contributed by atoms with van der Waals surface area (Å²) in [7, 11) is 1.59. The van der Waals surface area contributed by atoms with Crippen LogP contribution in [0, 0.1) is 0 Å². The van der Waals surface area contributed by atoms with E-state index in [1.807, 2.05) is 46.7 Å². The lowest BCUT2D eigenvalue weighted by Crippen LogP contribution is -2.51. The maximum absolute atomic E-state index is 13.5. The van der Waals surface area contributed by atoms with Crippen molar-refractivity contribution in [3.05, 3.63) is 58.6 Å². The first-order valence-corrected chi connectivity index (χ1v) is 11.5. The van der Waals surface area contributed by atoms with Crippen LogP contribution in [0.25, 0.3) is 16.9 Å². The van der Waals surface area contributed by atoms with Crippen molar-refractivity contribution < 1.29 is 14.3 Å². The van der Waals surface area contributed by atoms with Crippen LogP contribution >= 0.6 is 0 Å². The molecule has 10 nitrogen and oxygen atoms in total. The number of carbonyl (C=O) groups is 2. The number of methoxy groups -OCH3 is 1. The number of hydrogen-bond donors (Lipinski definition) is 1. The van der Waals surface area contributed by atoms with Crippen LogP contribution < -0.4 is 10.9 Å². The van der Waals surface area contributed by atoms with Crippen LogP contribution in [0.5, 0.6) is 0 Å². The Kier molecular flexibility index (Phi) is 7.39. The van der Waals surface area contributed by atoms with Gasteiger partial charge in [-0.05, 0) is 19.1 Å². The van der Waals surface area contributed by atoms with Crippen molar-refractivity contribution in [2.75, 3.05) is 53.0 Å². The zero-order chi connectivity index (χ0) is 24.1. The van der Waals surface area contributed by atoms with Gasteiger partial charge in [0.05, 0.1) is 30.0 Å². The SMILES string of the molecule is CCn1cc(C(=O)N2CCN(CC(=O)NCCOC)CC2)c2nn(-c3ccccc3)c(=O)c-2c1. The second-order valence-electron chi connectivity index (χ2n) is 8.23. The molecule has 34 heavy (non-hydrogen) atoms. The molecule has 4 rings (SSSR count). The minimum Gasteiger partial charge on any atom is -0.383 e. The number of fused-ring (bicyclic) bond motifs is 1. The Bertz CT molecular complexity index is 1160. The summed E-state index contributed by atoms with van der Waals surface area (Å²) in [5.41, 5.74) is 1.65. The van der Waals surface area contributed by atoms with E-state index >= 15 is 0 Å². The maximum Gasteiger partial charge on any atom is 0.282 e. The van der Waals surface area contributed by atoms with E-state index < -0.39 is 0 Å². The zero-order valence-electron chi connectivity index (χ0n) is 19.6. The first-order valence-electron chi connectivity index (χ1n) is 11.5. The molecule has 0 aliphatic carbocycles. The summed E-state index contributed by atoms with van der Waals surface area (Å²) in [6, 6.07) is 9.19. The van der Waals surface area contributed by atoms with Gasteiger partial charge in [0.25, 0.3) is 11.5 Å². The quantitative estimate of drug-likeness (QED) is 0.490. The zero-order valence-corrected chi connectivity index (χ0v) is 19.6. The van der Waals surface area contributed by atoms with Crippen molar-refractivity contribution in [2.24, 2.45) is 0 Å². The highest BCUT2D eigenvalue weighted by atomic mass is 16.5. The minimum atomic E-state index is -0.248. The van der Waals surface area contributed by atoms with E-state index in [-0.39, 0.29) is 23.9 Å². The molecule has 1 N–H and O–H groups in total. The Labute approximate surface area is 198 Å². The Morgan fingerprint density at radius 2 is 1.82 bits per heavy atom. The van der Waals surface area contributed by atoms with Gasteiger partial charge < -0.3 is 19.5 Å². The predicted octanol–water partition coefficient (Wildman–Crippen LogP) is 0.679. The lowest BCUT2D eigenvalue weighted by molar-refractivity contribution is -0.122. The Balaban J connectivity index is 1.52. The summed E-state index contributed by atoms with van der Waals surface area (Å²) in [5, 5.41) is 7.35. The van der Waals surface area contributed by atoms with Gasteiger partial charge in [0.2, 0.25) is 5.91 Å². The summed E-state index contributed by atoms with van der Waals surface area (Å²) in [6.45, 7) is 6.01. The first kappa shape index (κ1) is 23.7. The molecule has 10 heteroatoms. The number of nitrogens with zero attached hydrogens (tertiary/aromatic N) is 5. The molecule has 3 heterocycles. The van der Waals surface area contributed by atoms with Crippen LogP contribution in [0.3, 0.4) is 0 Å². The summed E-state index contributed by atoms with van der Waals surface area (Å²) >= 11 is 0. The standard InChI is InChI=1S/C24H30N6O4/c1-3-27-15-19(22-20(16-27)24(33)30(26-22)18-7-5-4-6-8-18)23(32)29-12-10-28(11-13-29)17-21(31)25-9-14-34-2/h4-8,15-16H,3,9-14,17H2,1-2H3,(H,25,31). The van der Waals surface area contributed by atoms with E-state index in [0.29, 0.717) is 68.4 Å². The molecule has 0 saturated carbocycles. The van der Waals surface area contributed by atoms with Gasteiger partial charge in [-0.25, -0.2) is 0 Å². The van der Waals surface area contributed by atoms with Crippen molar-refractivity contribution >= 4 is 11.8 Å².